The van der Waals surface area contributed by atoms with E-state index in [1.54, 1.807) is 0 Å². The number of nitrogens with one attached hydrogen (secondary N) is 1. The quantitative estimate of drug-likeness (QED) is 0.857. The molecule has 0 unspecified atom stereocenters. The Bertz CT molecular complexity index is 446. The first-order valence-corrected chi connectivity index (χ1v) is 7.84. The molecule has 1 aliphatic rings. The zero-order chi connectivity index (χ0) is 13.8. The van der Waals surface area contributed by atoms with Gasteiger partial charge in [-0.2, -0.15) is 0 Å². The Kier molecular flexibility index (Phi) is 4.85. The molecule has 1 amide bonds. The third-order valence-corrected chi connectivity index (χ3v) is 4.86. The smallest absolute Gasteiger partial charge is 0.230 e. The first kappa shape index (κ1) is 14.4. The van der Waals surface area contributed by atoms with Gasteiger partial charge < -0.3 is 9.88 Å². The van der Waals surface area contributed by atoms with Crippen molar-refractivity contribution in [1.82, 2.24) is 20.1 Å². The predicted octanol–water partition coefficient (Wildman–Crippen LogP) is 1.91. The number of aromatic nitrogens is 3. The van der Waals surface area contributed by atoms with Crippen LogP contribution in [0.3, 0.4) is 0 Å². The van der Waals surface area contributed by atoms with Gasteiger partial charge in [-0.05, 0) is 25.7 Å². The van der Waals surface area contributed by atoms with Gasteiger partial charge in [0.05, 0.1) is 5.75 Å². The van der Waals surface area contributed by atoms with Gasteiger partial charge in [0.25, 0.3) is 0 Å². The van der Waals surface area contributed by atoms with Crippen LogP contribution in [0.4, 0.5) is 0 Å². The molecule has 5 nitrogen and oxygen atoms in total. The van der Waals surface area contributed by atoms with Crippen LogP contribution in [-0.2, 0) is 11.8 Å². The van der Waals surface area contributed by atoms with Crippen LogP contribution in [0.5, 0.6) is 0 Å². The summed E-state index contributed by atoms with van der Waals surface area (Å²) in [7, 11) is 1.92. The van der Waals surface area contributed by atoms with Gasteiger partial charge in [0, 0.05) is 13.1 Å². The minimum Gasteiger partial charge on any atom is -0.352 e. The Morgan fingerprint density at radius 1 is 1.42 bits per heavy atom. The molecule has 1 N–H and O–H groups in total. The van der Waals surface area contributed by atoms with Crippen LogP contribution < -0.4 is 5.32 Å². The number of aryl methyl sites for hydroxylation is 1. The largest absolute Gasteiger partial charge is 0.352 e. The topological polar surface area (TPSA) is 59.8 Å². The molecule has 1 fully saturated rings. The minimum atomic E-state index is 0.101. The van der Waals surface area contributed by atoms with Gasteiger partial charge in [-0.15, -0.1) is 10.2 Å². The lowest BCUT2D eigenvalue weighted by Gasteiger charge is -2.29. The standard InChI is InChI=1S/C13H22N4OS/c1-9-6-4-5-7-11(9)14-12(18)8-19-13-16-15-10(2)17(13)3/h9,11H,4-8H2,1-3H3,(H,14,18)/t9-,11-/m1/s1. The first-order valence-electron chi connectivity index (χ1n) is 6.86. The number of hydrogen-bond acceptors (Lipinski definition) is 4. The average Bonchev–Trinajstić information content (AvgIpc) is 2.70. The van der Waals surface area contributed by atoms with Crippen LogP contribution in [0.15, 0.2) is 5.16 Å². The average molecular weight is 282 g/mol. The van der Waals surface area contributed by atoms with E-state index in [9.17, 15) is 4.79 Å². The molecule has 19 heavy (non-hydrogen) atoms. The zero-order valence-electron chi connectivity index (χ0n) is 11.8. The number of hydrogen-bond donors (Lipinski definition) is 1. The molecule has 0 spiro atoms. The Morgan fingerprint density at radius 2 is 2.16 bits per heavy atom. The lowest BCUT2D eigenvalue weighted by atomic mass is 9.86. The van der Waals surface area contributed by atoms with Crippen LogP contribution >= 0.6 is 11.8 Å². The Balaban J connectivity index is 1.80. The van der Waals surface area contributed by atoms with Crippen LogP contribution in [0.2, 0.25) is 0 Å². The van der Waals surface area contributed by atoms with E-state index in [0.29, 0.717) is 17.7 Å². The molecular formula is C13H22N4OS. The molecule has 0 saturated heterocycles. The number of nitrogens with zero attached hydrogens (tertiary/aromatic N) is 3. The van der Waals surface area contributed by atoms with Gasteiger partial charge in [-0.1, -0.05) is 31.5 Å². The van der Waals surface area contributed by atoms with Gasteiger partial charge in [-0.3, -0.25) is 4.79 Å². The third kappa shape index (κ3) is 3.72. The zero-order valence-corrected chi connectivity index (χ0v) is 12.7. The fourth-order valence-corrected chi connectivity index (χ4v) is 3.19. The van der Waals surface area contributed by atoms with Crippen molar-refractivity contribution in [1.29, 1.82) is 0 Å². The van der Waals surface area contributed by atoms with Crippen LogP contribution in [-0.4, -0.2) is 32.5 Å². The van der Waals surface area contributed by atoms with Gasteiger partial charge in [-0.25, -0.2) is 0 Å². The van der Waals surface area contributed by atoms with Crippen LogP contribution in [0, 0.1) is 12.8 Å². The molecule has 0 aliphatic heterocycles. The van der Waals surface area contributed by atoms with Gasteiger partial charge >= 0.3 is 0 Å². The summed E-state index contributed by atoms with van der Waals surface area (Å²) >= 11 is 1.44. The van der Waals surface area contributed by atoms with Crippen LogP contribution in [0.1, 0.15) is 38.4 Å². The van der Waals surface area contributed by atoms with Gasteiger partial charge in [0.1, 0.15) is 5.82 Å². The summed E-state index contributed by atoms with van der Waals surface area (Å²) in [6.45, 7) is 4.13. The molecule has 1 aromatic rings. The van der Waals surface area contributed by atoms with Crippen molar-refractivity contribution in [3.8, 4) is 0 Å². The van der Waals surface area contributed by atoms with E-state index in [-0.39, 0.29) is 5.91 Å². The molecule has 0 radical (unpaired) electrons. The lowest BCUT2D eigenvalue weighted by Crippen LogP contribution is -2.41. The molecule has 1 heterocycles. The molecule has 0 aromatic carbocycles. The highest BCUT2D eigenvalue weighted by atomic mass is 32.2. The molecule has 2 rings (SSSR count). The lowest BCUT2D eigenvalue weighted by molar-refractivity contribution is -0.119. The third-order valence-electron chi connectivity index (χ3n) is 3.84. The number of carbonyl (C=O) groups excluding carboxylic acids is 1. The van der Waals surface area contributed by atoms with E-state index in [2.05, 4.69) is 22.4 Å². The van der Waals surface area contributed by atoms with E-state index < -0.39 is 0 Å². The van der Waals surface area contributed by atoms with E-state index in [0.717, 1.165) is 17.4 Å². The van der Waals surface area contributed by atoms with Crippen molar-refractivity contribution in [2.75, 3.05) is 5.75 Å². The molecule has 1 aliphatic carbocycles. The van der Waals surface area contributed by atoms with Gasteiger partial charge in [0.2, 0.25) is 5.91 Å². The van der Waals surface area contributed by atoms with Crippen molar-refractivity contribution >= 4 is 17.7 Å². The predicted molar refractivity (Wildman–Crippen MR) is 76.0 cm³/mol. The van der Waals surface area contributed by atoms with E-state index in [1.807, 2.05) is 18.5 Å². The van der Waals surface area contributed by atoms with Crippen LogP contribution in [0.25, 0.3) is 0 Å². The Labute approximate surface area is 118 Å². The summed E-state index contributed by atoms with van der Waals surface area (Å²) in [6.07, 6.45) is 4.85. The second-order valence-electron chi connectivity index (χ2n) is 5.31. The van der Waals surface area contributed by atoms with Crippen molar-refractivity contribution in [2.24, 2.45) is 13.0 Å². The summed E-state index contributed by atoms with van der Waals surface area (Å²) in [6, 6.07) is 0.350. The summed E-state index contributed by atoms with van der Waals surface area (Å²) in [5, 5.41) is 12.0. The molecule has 0 bridgehead atoms. The normalized spacial score (nSPS) is 23.3. The second kappa shape index (κ2) is 6.41. The first-order chi connectivity index (χ1) is 9.08. The molecule has 6 heteroatoms. The number of thioether (sulfide) groups is 1. The second-order valence-corrected chi connectivity index (χ2v) is 6.26. The highest BCUT2D eigenvalue weighted by molar-refractivity contribution is 7.99. The van der Waals surface area contributed by atoms with Crippen molar-refractivity contribution < 1.29 is 4.79 Å². The number of carbonyl (C=O) groups is 1. The molecule has 2 atom stereocenters. The fraction of sp³-hybridized carbons (Fsp3) is 0.769. The summed E-state index contributed by atoms with van der Waals surface area (Å²) in [5.41, 5.74) is 0. The van der Waals surface area contributed by atoms with E-state index in [1.165, 1.54) is 31.0 Å². The molecule has 1 saturated carbocycles. The molecule has 106 valence electrons. The van der Waals surface area contributed by atoms with E-state index >= 15 is 0 Å². The summed E-state index contributed by atoms with van der Waals surface area (Å²) in [5.74, 6) is 1.97. The highest BCUT2D eigenvalue weighted by Gasteiger charge is 2.22. The highest BCUT2D eigenvalue weighted by Crippen LogP contribution is 2.24. The SMILES string of the molecule is Cc1nnc(SCC(=O)N[C@@H]2CCCC[C@H]2C)n1C. The maximum absolute atomic E-state index is 12.0. The summed E-state index contributed by atoms with van der Waals surface area (Å²) < 4.78 is 1.90. The van der Waals surface area contributed by atoms with Crippen molar-refractivity contribution in [3.05, 3.63) is 5.82 Å². The number of amides is 1. The monoisotopic (exact) mass is 282 g/mol. The summed E-state index contributed by atoms with van der Waals surface area (Å²) in [4.78, 5) is 12.0. The minimum absolute atomic E-state index is 0.101. The Morgan fingerprint density at radius 3 is 2.79 bits per heavy atom. The molecule has 1 aromatic heterocycles. The van der Waals surface area contributed by atoms with E-state index in [4.69, 9.17) is 0 Å². The van der Waals surface area contributed by atoms with Gasteiger partial charge in [0.15, 0.2) is 5.16 Å². The van der Waals surface area contributed by atoms with Crippen molar-refractivity contribution in [3.63, 3.8) is 0 Å². The molecular weight excluding hydrogens is 260 g/mol. The fourth-order valence-electron chi connectivity index (χ4n) is 2.42. The Hall–Kier alpha value is -1.04. The number of rotatable bonds is 4. The van der Waals surface area contributed by atoms with Crippen molar-refractivity contribution in [2.45, 2.75) is 50.7 Å². The maximum atomic E-state index is 12.0. The maximum Gasteiger partial charge on any atom is 0.230 e.